The molecular weight excluding hydrogens is 358 g/mol. The number of Topliss-reactive ketones (excluding diaryl/α,β-unsaturated/α-hetero) is 1. The highest BCUT2D eigenvalue weighted by Crippen LogP contribution is 2.26. The second-order valence-electron chi connectivity index (χ2n) is 3.34. The molecule has 0 bridgehead atoms. The lowest BCUT2D eigenvalue weighted by Crippen LogP contribution is -2.44. The van der Waals surface area contributed by atoms with Crippen LogP contribution in [0.1, 0.15) is 0 Å². The van der Waals surface area contributed by atoms with Crippen LogP contribution in [0.15, 0.2) is 0 Å². The number of aliphatic hydroxyl groups is 5. The standard InChI is InChI=1S/C6H12O6.2H3O4P/c7-1-3(9)5(11)6(12)4(10)2-8;2*1-5(2,3)4/h3,5-9,11-12H,1-2H2;2*(H3,1,2,3,4)/t3-,5+,6-;;/m1../s1. The molecule has 22 heavy (non-hydrogen) atoms. The fourth-order valence-electron chi connectivity index (χ4n) is 0.602. The summed E-state index contributed by atoms with van der Waals surface area (Å²) in [6, 6.07) is 0. The van der Waals surface area contributed by atoms with E-state index in [0.29, 0.717) is 0 Å². The van der Waals surface area contributed by atoms with Crippen LogP contribution in [0.25, 0.3) is 0 Å². The molecule has 0 radical (unpaired) electrons. The first-order chi connectivity index (χ1) is 9.54. The van der Waals surface area contributed by atoms with Gasteiger partial charge >= 0.3 is 15.6 Å². The maximum absolute atomic E-state index is 10.5. The van der Waals surface area contributed by atoms with Crippen LogP contribution in [-0.4, -0.2) is 92.2 Å². The molecule has 0 aromatic heterocycles. The van der Waals surface area contributed by atoms with E-state index in [2.05, 4.69) is 0 Å². The smallest absolute Gasteiger partial charge is 0.394 e. The Labute approximate surface area is 123 Å². The summed E-state index contributed by atoms with van der Waals surface area (Å²) in [7, 11) is -9.28. The molecule has 0 spiro atoms. The lowest BCUT2D eigenvalue weighted by atomic mass is 10.1. The van der Waals surface area contributed by atoms with Gasteiger partial charge < -0.3 is 54.9 Å². The Morgan fingerprint density at radius 3 is 1.27 bits per heavy atom. The number of carbonyl (C=O) groups excluding carboxylic acids is 1. The zero-order valence-corrected chi connectivity index (χ0v) is 12.5. The second-order valence-corrected chi connectivity index (χ2v) is 5.39. The molecule has 0 aliphatic rings. The fraction of sp³-hybridized carbons (Fsp3) is 0.833. The zero-order valence-electron chi connectivity index (χ0n) is 10.7. The quantitative estimate of drug-likeness (QED) is 0.200. The van der Waals surface area contributed by atoms with Gasteiger partial charge in [0.25, 0.3) is 0 Å². The van der Waals surface area contributed by atoms with Gasteiger partial charge in [-0.15, -0.1) is 0 Å². The van der Waals surface area contributed by atoms with Gasteiger partial charge in [0.15, 0.2) is 5.78 Å². The molecule has 0 aliphatic heterocycles. The van der Waals surface area contributed by atoms with E-state index in [4.69, 9.17) is 64.0 Å². The highest BCUT2D eigenvalue weighted by Gasteiger charge is 2.28. The van der Waals surface area contributed by atoms with Gasteiger partial charge in [-0.05, 0) is 0 Å². The molecule has 0 saturated carbocycles. The summed E-state index contributed by atoms with van der Waals surface area (Å²) in [6.45, 7) is -1.69. The van der Waals surface area contributed by atoms with E-state index in [-0.39, 0.29) is 0 Å². The van der Waals surface area contributed by atoms with Crippen molar-refractivity contribution < 1.29 is 68.8 Å². The molecular formula is C6H18O14P2. The van der Waals surface area contributed by atoms with E-state index in [0.717, 1.165) is 0 Å². The molecule has 0 aromatic rings. The van der Waals surface area contributed by atoms with Gasteiger partial charge in [-0.2, -0.15) is 0 Å². The predicted octanol–water partition coefficient (Wildman–Crippen LogP) is -5.23. The number of phosphoric acid groups is 2. The highest BCUT2D eigenvalue weighted by atomic mass is 31.2. The van der Waals surface area contributed by atoms with E-state index in [1.165, 1.54) is 0 Å². The zero-order chi connectivity index (χ0) is 18.7. The van der Waals surface area contributed by atoms with Gasteiger partial charge in [-0.1, -0.05) is 0 Å². The topological polar surface area (TPSA) is 274 Å². The highest BCUT2D eigenvalue weighted by molar-refractivity contribution is 7.45. The van der Waals surface area contributed by atoms with Crippen LogP contribution in [0.2, 0.25) is 0 Å². The Balaban J connectivity index is -0.000000298. The monoisotopic (exact) mass is 376 g/mol. The molecule has 3 atom stereocenters. The number of carbonyl (C=O) groups is 1. The summed E-state index contributed by atoms with van der Waals surface area (Å²) in [5, 5.41) is 43.1. The predicted molar refractivity (Wildman–Crippen MR) is 65.7 cm³/mol. The van der Waals surface area contributed by atoms with Gasteiger partial charge in [0.05, 0.1) is 6.61 Å². The van der Waals surface area contributed by atoms with Gasteiger partial charge in [0.2, 0.25) is 0 Å². The number of rotatable bonds is 5. The van der Waals surface area contributed by atoms with Gasteiger partial charge in [-0.3, -0.25) is 4.79 Å². The third-order valence-electron chi connectivity index (χ3n) is 1.39. The van der Waals surface area contributed by atoms with Crippen molar-refractivity contribution in [2.45, 2.75) is 18.3 Å². The van der Waals surface area contributed by atoms with Crippen LogP contribution < -0.4 is 0 Å². The summed E-state index contributed by atoms with van der Waals surface area (Å²) in [4.78, 5) is 53.6. The minimum absolute atomic E-state index is 0.767. The number of aliphatic hydroxyl groups excluding tert-OH is 5. The minimum Gasteiger partial charge on any atom is -0.394 e. The van der Waals surface area contributed by atoms with Crippen LogP contribution >= 0.6 is 15.6 Å². The van der Waals surface area contributed by atoms with Crippen LogP contribution in [0, 0.1) is 0 Å². The van der Waals surface area contributed by atoms with Crippen LogP contribution in [0.5, 0.6) is 0 Å². The maximum Gasteiger partial charge on any atom is 0.466 e. The molecule has 16 heteroatoms. The first-order valence-electron chi connectivity index (χ1n) is 4.89. The molecule has 0 amide bonds. The van der Waals surface area contributed by atoms with E-state index in [9.17, 15) is 4.79 Å². The first-order valence-corrected chi connectivity index (χ1v) is 8.02. The van der Waals surface area contributed by atoms with E-state index >= 15 is 0 Å². The van der Waals surface area contributed by atoms with Gasteiger partial charge in [0.1, 0.15) is 24.9 Å². The lowest BCUT2D eigenvalue weighted by molar-refractivity contribution is -0.142. The average Bonchev–Trinajstić information content (AvgIpc) is 2.30. The van der Waals surface area contributed by atoms with E-state index in [1.807, 2.05) is 0 Å². The molecule has 0 aromatic carbocycles. The molecule has 136 valence electrons. The van der Waals surface area contributed by atoms with Gasteiger partial charge in [-0.25, -0.2) is 9.13 Å². The summed E-state index contributed by atoms with van der Waals surface area (Å²) >= 11 is 0. The largest absolute Gasteiger partial charge is 0.466 e. The Hall–Kier alpha value is -0.310. The molecule has 0 heterocycles. The van der Waals surface area contributed by atoms with Crippen LogP contribution in [0.3, 0.4) is 0 Å². The molecule has 14 nitrogen and oxygen atoms in total. The van der Waals surface area contributed by atoms with Crippen molar-refractivity contribution >= 4 is 21.4 Å². The molecule has 0 fully saturated rings. The average molecular weight is 376 g/mol. The molecule has 0 unspecified atom stereocenters. The van der Waals surface area contributed by atoms with Crippen molar-refractivity contribution in [3.05, 3.63) is 0 Å². The maximum atomic E-state index is 10.5. The molecule has 0 aliphatic carbocycles. The lowest BCUT2D eigenvalue weighted by Gasteiger charge is -2.19. The SMILES string of the molecule is O=C(CO)[C@@H](O)[C@@H](O)[C@H](O)CO.O=P(O)(O)O.O=P(O)(O)O. The van der Waals surface area contributed by atoms with Crippen molar-refractivity contribution in [3.63, 3.8) is 0 Å². The van der Waals surface area contributed by atoms with Crippen LogP contribution in [0.4, 0.5) is 0 Å². The third-order valence-corrected chi connectivity index (χ3v) is 1.39. The Bertz CT molecular complexity index is 348. The summed E-state index contributed by atoms with van der Waals surface area (Å²) < 4.78 is 17.8. The third kappa shape index (κ3) is 27.9. The number of ketones is 1. The molecule has 11 N–H and O–H groups in total. The first kappa shape index (κ1) is 26.6. The van der Waals surface area contributed by atoms with Crippen molar-refractivity contribution in [1.29, 1.82) is 0 Å². The van der Waals surface area contributed by atoms with Crippen molar-refractivity contribution in [3.8, 4) is 0 Å². The van der Waals surface area contributed by atoms with E-state index in [1.54, 1.807) is 0 Å². The normalized spacial score (nSPS) is 15.4. The number of hydrogen-bond acceptors (Lipinski definition) is 8. The van der Waals surface area contributed by atoms with Crippen molar-refractivity contribution in [2.24, 2.45) is 0 Å². The summed E-state index contributed by atoms with van der Waals surface area (Å²) in [6.07, 6.45) is -5.22. The Kier molecular flexibility index (Phi) is 14.7. The number of hydrogen-bond donors (Lipinski definition) is 11. The van der Waals surface area contributed by atoms with Crippen molar-refractivity contribution in [1.82, 2.24) is 0 Å². The van der Waals surface area contributed by atoms with Crippen LogP contribution in [-0.2, 0) is 13.9 Å². The molecule has 0 saturated heterocycles. The summed E-state index contributed by atoms with van der Waals surface area (Å²) in [5.74, 6) is -1.00. The van der Waals surface area contributed by atoms with Crippen molar-refractivity contribution in [2.75, 3.05) is 13.2 Å². The Morgan fingerprint density at radius 2 is 1.09 bits per heavy atom. The second kappa shape index (κ2) is 12.2. The summed E-state index contributed by atoms with van der Waals surface area (Å²) in [5.41, 5.74) is 0. The minimum atomic E-state index is -4.64. The van der Waals surface area contributed by atoms with Gasteiger partial charge in [0, 0.05) is 0 Å². The Morgan fingerprint density at radius 1 is 0.818 bits per heavy atom. The van der Waals surface area contributed by atoms with E-state index < -0.39 is 53.0 Å². The fourth-order valence-corrected chi connectivity index (χ4v) is 0.602. The molecule has 0 rings (SSSR count).